The van der Waals surface area contributed by atoms with Crippen LogP contribution in [0.15, 0.2) is 89.0 Å². The number of aliphatic imine (C=N–C) groups is 2. The summed E-state index contributed by atoms with van der Waals surface area (Å²) >= 11 is 6.16. The Labute approximate surface area is 244 Å². The van der Waals surface area contributed by atoms with Crippen LogP contribution in [0.2, 0.25) is 5.02 Å². The number of aromatic hydroxyl groups is 1. The molecule has 2 N–H and O–H groups in total. The van der Waals surface area contributed by atoms with Crippen LogP contribution in [-0.2, 0) is 17.6 Å². The van der Waals surface area contributed by atoms with E-state index in [9.17, 15) is 14.3 Å². The number of carbonyl (C=O) groups is 1. The first kappa shape index (κ1) is 29.8. The second kappa shape index (κ2) is 14.4. The molecule has 0 bridgehead atoms. The summed E-state index contributed by atoms with van der Waals surface area (Å²) in [5.41, 5.74) is 5.74. The number of hydrogen-bond acceptors (Lipinski definition) is 6. The lowest BCUT2D eigenvalue weighted by atomic mass is 9.94. The van der Waals surface area contributed by atoms with Crippen molar-refractivity contribution in [2.24, 2.45) is 9.98 Å². The Morgan fingerprint density at radius 1 is 1.12 bits per heavy atom. The average molecular weight is 571 g/mol. The van der Waals surface area contributed by atoms with Gasteiger partial charge >= 0.3 is 0 Å². The molecule has 1 heterocycles. The zero-order valence-corrected chi connectivity index (χ0v) is 23.8. The van der Waals surface area contributed by atoms with Crippen molar-refractivity contribution in [2.45, 2.75) is 32.2 Å². The van der Waals surface area contributed by atoms with Crippen LogP contribution in [-0.4, -0.2) is 41.9 Å². The fraction of sp³-hybridized carbons (Fsp3) is 0.212. The minimum atomic E-state index is -0.424. The van der Waals surface area contributed by atoms with E-state index in [1.165, 1.54) is 12.1 Å². The number of carbonyl (C=O) groups excluding carboxylic acids is 1. The molecule has 1 aromatic heterocycles. The number of nitrogens with zero attached hydrogens (tertiary/aromatic N) is 3. The van der Waals surface area contributed by atoms with E-state index in [1.54, 1.807) is 49.9 Å². The summed E-state index contributed by atoms with van der Waals surface area (Å²) in [4.78, 5) is 26.2. The van der Waals surface area contributed by atoms with E-state index in [1.807, 2.05) is 43.3 Å². The number of hydrogen-bond donors (Lipinski definition) is 2. The predicted molar refractivity (Wildman–Crippen MR) is 164 cm³/mol. The number of aromatic nitrogens is 1. The van der Waals surface area contributed by atoms with Crippen molar-refractivity contribution in [3.05, 3.63) is 112 Å². The molecule has 3 aromatic carbocycles. The maximum Gasteiger partial charge on any atom is 0.146 e. The highest BCUT2D eigenvalue weighted by molar-refractivity contribution is 6.30. The molecule has 6 nitrogen and oxygen atoms in total. The van der Waals surface area contributed by atoms with E-state index >= 15 is 0 Å². The van der Waals surface area contributed by atoms with Gasteiger partial charge in [0, 0.05) is 42.7 Å². The Bertz CT molecular complexity index is 1550. The predicted octanol–water partition coefficient (Wildman–Crippen LogP) is 7.09. The molecular weight excluding hydrogens is 539 g/mol. The summed E-state index contributed by atoms with van der Waals surface area (Å²) in [6.07, 6.45) is 6.24. The summed E-state index contributed by atoms with van der Waals surface area (Å²) in [6.45, 7) is 1.90. The number of Topliss-reactive ketones (excluding diaryl/α,β-unsaturated/α-hetero) is 1. The number of aryl methyl sites for hydroxylation is 1. The van der Waals surface area contributed by atoms with E-state index in [-0.39, 0.29) is 24.5 Å². The highest BCUT2D eigenvalue weighted by Gasteiger charge is 2.20. The number of halogens is 2. The minimum absolute atomic E-state index is 0.0133. The molecule has 0 saturated heterocycles. The first-order chi connectivity index (χ1) is 19.9. The van der Waals surface area contributed by atoms with E-state index in [0.29, 0.717) is 23.4 Å². The average Bonchev–Trinajstić information content (AvgIpc) is 2.95. The molecule has 210 valence electrons. The van der Waals surface area contributed by atoms with Crippen molar-refractivity contribution in [3.63, 3.8) is 0 Å². The van der Waals surface area contributed by atoms with Gasteiger partial charge in [-0.1, -0.05) is 35.9 Å². The number of ketones is 1. The summed E-state index contributed by atoms with van der Waals surface area (Å²) in [5.74, 6) is -0.307. The summed E-state index contributed by atoms with van der Waals surface area (Å²) in [7, 11) is 1.72. The Kier molecular flexibility index (Phi) is 10.5. The van der Waals surface area contributed by atoms with Crippen LogP contribution >= 0.6 is 11.6 Å². The molecule has 8 heteroatoms. The van der Waals surface area contributed by atoms with Gasteiger partial charge in [0.15, 0.2) is 0 Å². The molecule has 0 spiro atoms. The van der Waals surface area contributed by atoms with Gasteiger partial charge < -0.3 is 10.4 Å². The summed E-state index contributed by atoms with van der Waals surface area (Å²) < 4.78 is 14.2. The van der Waals surface area contributed by atoms with E-state index < -0.39 is 11.9 Å². The first-order valence-corrected chi connectivity index (χ1v) is 13.7. The van der Waals surface area contributed by atoms with Gasteiger partial charge in [0.1, 0.15) is 17.3 Å². The Morgan fingerprint density at radius 2 is 1.98 bits per heavy atom. The number of benzene rings is 3. The highest BCUT2D eigenvalue weighted by atomic mass is 35.5. The fourth-order valence-corrected chi connectivity index (χ4v) is 4.99. The van der Waals surface area contributed by atoms with Crippen molar-refractivity contribution in [3.8, 4) is 16.9 Å². The van der Waals surface area contributed by atoms with E-state index in [4.69, 9.17) is 16.6 Å². The minimum Gasteiger partial charge on any atom is -0.508 e. The molecule has 0 amide bonds. The van der Waals surface area contributed by atoms with Crippen molar-refractivity contribution in [1.29, 1.82) is 0 Å². The van der Waals surface area contributed by atoms with Crippen LogP contribution in [0.1, 0.15) is 41.8 Å². The van der Waals surface area contributed by atoms with Crippen LogP contribution in [0.5, 0.6) is 5.75 Å². The van der Waals surface area contributed by atoms with Gasteiger partial charge in [-0.15, -0.1) is 0 Å². The quantitative estimate of drug-likeness (QED) is 0.178. The monoisotopic (exact) mass is 570 g/mol. The standard InChI is InChI=1S/C33H32ClFN4O2/c1-3-37-31-12-11-28(40)18-25(31)9-10-29(41)21-39-32(17-23-15-26(34)19-27(35)16-23)33-30(8-5-13-38-33)24-7-4-6-22(14-24)20-36-2/h3-8,11-16,18-20,32,39-40H,9-10,17,21H2,1-2H3. The van der Waals surface area contributed by atoms with Crippen LogP contribution < -0.4 is 5.32 Å². The highest BCUT2D eigenvalue weighted by Crippen LogP contribution is 2.30. The van der Waals surface area contributed by atoms with Crippen LogP contribution in [0.3, 0.4) is 0 Å². The van der Waals surface area contributed by atoms with Gasteiger partial charge in [0.2, 0.25) is 0 Å². The topological polar surface area (TPSA) is 86.9 Å². The zero-order valence-electron chi connectivity index (χ0n) is 23.0. The van der Waals surface area contributed by atoms with Crippen molar-refractivity contribution in [2.75, 3.05) is 13.6 Å². The van der Waals surface area contributed by atoms with Gasteiger partial charge in [-0.25, -0.2) is 4.39 Å². The molecule has 41 heavy (non-hydrogen) atoms. The van der Waals surface area contributed by atoms with E-state index in [0.717, 1.165) is 33.6 Å². The van der Waals surface area contributed by atoms with Gasteiger partial charge in [0.05, 0.1) is 24.0 Å². The van der Waals surface area contributed by atoms with Crippen molar-refractivity contribution >= 4 is 35.5 Å². The van der Waals surface area contributed by atoms with Gasteiger partial charge in [-0.2, -0.15) is 0 Å². The SMILES string of the molecule is CC=Nc1ccc(O)cc1CCC(=O)CNC(Cc1cc(F)cc(Cl)c1)c1ncccc1-c1cccc(C=NC)c1. The number of phenolic OH excluding ortho intramolecular Hbond substituents is 1. The van der Waals surface area contributed by atoms with Gasteiger partial charge in [-0.3, -0.25) is 19.8 Å². The molecule has 4 rings (SSSR count). The van der Waals surface area contributed by atoms with E-state index in [2.05, 4.69) is 15.3 Å². The molecule has 0 aliphatic heterocycles. The second-order valence-corrected chi connectivity index (χ2v) is 10.0. The molecule has 0 radical (unpaired) electrons. The molecule has 1 atom stereocenters. The Balaban J connectivity index is 1.59. The molecule has 1 unspecified atom stereocenters. The van der Waals surface area contributed by atoms with Crippen molar-refractivity contribution < 1.29 is 14.3 Å². The third kappa shape index (κ3) is 8.39. The first-order valence-electron chi connectivity index (χ1n) is 13.3. The van der Waals surface area contributed by atoms with Crippen LogP contribution in [0.4, 0.5) is 10.1 Å². The maximum absolute atomic E-state index is 14.2. The lowest BCUT2D eigenvalue weighted by molar-refractivity contribution is -0.118. The number of rotatable bonds is 12. The third-order valence-corrected chi connectivity index (χ3v) is 6.77. The summed E-state index contributed by atoms with van der Waals surface area (Å²) in [6, 6.07) is 20.8. The molecule has 0 fully saturated rings. The molecule has 0 aliphatic carbocycles. The van der Waals surface area contributed by atoms with Crippen LogP contribution in [0.25, 0.3) is 11.1 Å². The summed E-state index contributed by atoms with van der Waals surface area (Å²) in [5, 5.41) is 13.6. The third-order valence-electron chi connectivity index (χ3n) is 6.56. The Morgan fingerprint density at radius 3 is 2.76 bits per heavy atom. The zero-order chi connectivity index (χ0) is 29.2. The molecule has 0 aliphatic rings. The Hall–Kier alpha value is -4.20. The maximum atomic E-state index is 14.2. The number of phenols is 1. The second-order valence-electron chi connectivity index (χ2n) is 9.60. The smallest absolute Gasteiger partial charge is 0.146 e. The molecular formula is C33H32ClFN4O2. The lowest BCUT2D eigenvalue weighted by Crippen LogP contribution is -2.30. The lowest BCUT2D eigenvalue weighted by Gasteiger charge is -2.21. The van der Waals surface area contributed by atoms with Crippen LogP contribution in [0, 0.1) is 5.82 Å². The fourth-order valence-electron chi connectivity index (χ4n) is 4.74. The van der Waals surface area contributed by atoms with Gasteiger partial charge in [0.25, 0.3) is 0 Å². The number of pyridine rings is 1. The molecule has 4 aromatic rings. The normalized spacial score (nSPS) is 12.3. The van der Waals surface area contributed by atoms with Gasteiger partial charge in [-0.05, 0) is 90.6 Å². The van der Waals surface area contributed by atoms with Crippen molar-refractivity contribution in [1.82, 2.24) is 10.3 Å². The molecule has 0 saturated carbocycles. The largest absolute Gasteiger partial charge is 0.508 e. The number of nitrogens with one attached hydrogen (secondary N) is 1.